The molecular weight excluding hydrogens is 455 g/mol. The topological polar surface area (TPSA) is 67.8 Å². The lowest BCUT2D eigenvalue weighted by Gasteiger charge is -2.10. The smallest absolute Gasteiger partial charge is 0.219 e. The van der Waals surface area contributed by atoms with Crippen molar-refractivity contribution in [1.29, 1.82) is 0 Å². The normalized spacial score (nSPS) is 13.5. The first-order valence-electron chi connectivity index (χ1n) is 9.17. The summed E-state index contributed by atoms with van der Waals surface area (Å²) in [6.45, 7) is 6.10. The van der Waals surface area contributed by atoms with E-state index in [0.29, 0.717) is 25.1 Å². The van der Waals surface area contributed by atoms with Crippen LogP contribution in [-0.4, -0.2) is 30.1 Å². The SMILES string of the molecule is CCNC(=NCc1ccnc(Oc2ccc(OCC)cc2)c1)NC1CC1.I. The third-order valence-corrected chi connectivity index (χ3v) is 3.84. The molecule has 1 heterocycles. The van der Waals surface area contributed by atoms with Gasteiger partial charge < -0.3 is 20.1 Å². The van der Waals surface area contributed by atoms with Crippen LogP contribution < -0.4 is 20.1 Å². The molecule has 146 valence electrons. The van der Waals surface area contributed by atoms with Gasteiger partial charge in [0.2, 0.25) is 5.88 Å². The van der Waals surface area contributed by atoms with Gasteiger partial charge in [0.25, 0.3) is 0 Å². The molecule has 2 aromatic rings. The molecule has 1 saturated carbocycles. The first-order valence-corrected chi connectivity index (χ1v) is 9.17. The summed E-state index contributed by atoms with van der Waals surface area (Å²) in [6.07, 6.45) is 4.19. The van der Waals surface area contributed by atoms with E-state index >= 15 is 0 Å². The van der Waals surface area contributed by atoms with Gasteiger partial charge in [-0.3, -0.25) is 0 Å². The number of rotatable bonds is 8. The Bertz CT molecular complexity index is 733. The van der Waals surface area contributed by atoms with Gasteiger partial charge in [0.15, 0.2) is 5.96 Å². The summed E-state index contributed by atoms with van der Waals surface area (Å²) in [5.41, 5.74) is 1.05. The summed E-state index contributed by atoms with van der Waals surface area (Å²) >= 11 is 0. The van der Waals surface area contributed by atoms with Gasteiger partial charge in [0, 0.05) is 24.8 Å². The number of hydrogen-bond donors (Lipinski definition) is 2. The Morgan fingerprint density at radius 1 is 1.15 bits per heavy atom. The minimum absolute atomic E-state index is 0. The zero-order chi connectivity index (χ0) is 18.2. The van der Waals surface area contributed by atoms with Crippen LogP contribution in [0.15, 0.2) is 47.6 Å². The van der Waals surface area contributed by atoms with Crippen LogP contribution in [0.4, 0.5) is 0 Å². The summed E-state index contributed by atoms with van der Waals surface area (Å²) in [4.78, 5) is 8.92. The maximum atomic E-state index is 5.83. The molecule has 0 saturated heterocycles. The molecule has 27 heavy (non-hydrogen) atoms. The monoisotopic (exact) mass is 482 g/mol. The van der Waals surface area contributed by atoms with Crippen molar-refractivity contribution in [3.05, 3.63) is 48.2 Å². The molecular formula is C20H27IN4O2. The summed E-state index contributed by atoms with van der Waals surface area (Å²) in [6, 6.07) is 12.0. The van der Waals surface area contributed by atoms with Gasteiger partial charge in [-0.15, -0.1) is 24.0 Å². The minimum atomic E-state index is 0. The fourth-order valence-corrected chi connectivity index (χ4v) is 2.41. The molecule has 7 heteroatoms. The molecule has 6 nitrogen and oxygen atoms in total. The largest absolute Gasteiger partial charge is 0.494 e. The first-order chi connectivity index (χ1) is 12.8. The Kier molecular flexibility index (Phi) is 8.63. The van der Waals surface area contributed by atoms with E-state index in [1.807, 2.05) is 43.3 Å². The minimum Gasteiger partial charge on any atom is -0.494 e. The maximum Gasteiger partial charge on any atom is 0.219 e. The lowest BCUT2D eigenvalue weighted by molar-refractivity contribution is 0.339. The number of guanidine groups is 1. The third kappa shape index (κ3) is 7.24. The van der Waals surface area contributed by atoms with Crippen molar-refractivity contribution in [1.82, 2.24) is 15.6 Å². The molecule has 0 spiro atoms. The van der Waals surface area contributed by atoms with E-state index in [1.165, 1.54) is 12.8 Å². The van der Waals surface area contributed by atoms with Gasteiger partial charge in [-0.2, -0.15) is 0 Å². The molecule has 2 N–H and O–H groups in total. The Balaban J connectivity index is 0.00000261. The molecule has 1 aromatic heterocycles. The Morgan fingerprint density at radius 2 is 1.89 bits per heavy atom. The van der Waals surface area contributed by atoms with Crippen molar-refractivity contribution in [3.8, 4) is 17.4 Å². The van der Waals surface area contributed by atoms with Crippen LogP contribution in [0.5, 0.6) is 17.4 Å². The second-order valence-corrected chi connectivity index (χ2v) is 6.12. The van der Waals surface area contributed by atoms with E-state index in [-0.39, 0.29) is 24.0 Å². The summed E-state index contributed by atoms with van der Waals surface area (Å²) in [5.74, 6) is 2.98. The van der Waals surface area contributed by atoms with E-state index in [2.05, 4.69) is 27.5 Å². The van der Waals surface area contributed by atoms with E-state index in [4.69, 9.17) is 9.47 Å². The molecule has 0 bridgehead atoms. The molecule has 1 aliphatic carbocycles. The number of benzene rings is 1. The molecule has 0 atom stereocenters. The van der Waals surface area contributed by atoms with Crippen LogP contribution in [0.1, 0.15) is 32.3 Å². The molecule has 1 aromatic carbocycles. The lowest BCUT2D eigenvalue weighted by atomic mass is 10.2. The van der Waals surface area contributed by atoms with Gasteiger partial charge in [0.1, 0.15) is 11.5 Å². The van der Waals surface area contributed by atoms with Crippen molar-refractivity contribution < 1.29 is 9.47 Å². The highest BCUT2D eigenvalue weighted by atomic mass is 127. The number of aromatic nitrogens is 1. The van der Waals surface area contributed by atoms with Gasteiger partial charge >= 0.3 is 0 Å². The highest BCUT2D eigenvalue weighted by Gasteiger charge is 2.22. The number of nitrogens with zero attached hydrogens (tertiary/aromatic N) is 2. The molecule has 1 fully saturated rings. The van der Waals surface area contributed by atoms with Crippen molar-refractivity contribution in [3.63, 3.8) is 0 Å². The number of nitrogens with one attached hydrogen (secondary N) is 2. The van der Waals surface area contributed by atoms with Crippen molar-refractivity contribution in [2.45, 2.75) is 39.3 Å². The number of pyridine rings is 1. The van der Waals surface area contributed by atoms with Crippen LogP contribution in [0.2, 0.25) is 0 Å². The summed E-state index contributed by atoms with van der Waals surface area (Å²) in [5, 5.41) is 6.69. The number of aliphatic imine (C=N–C) groups is 1. The highest BCUT2D eigenvalue weighted by molar-refractivity contribution is 14.0. The van der Waals surface area contributed by atoms with Crippen molar-refractivity contribution in [2.24, 2.45) is 4.99 Å². The maximum absolute atomic E-state index is 5.83. The van der Waals surface area contributed by atoms with Gasteiger partial charge in [0.05, 0.1) is 13.2 Å². The van der Waals surface area contributed by atoms with Crippen LogP contribution in [-0.2, 0) is 6.54 Å². The van der Waals surface area contributed by atoms with E-state index < -0.39 is 0 Å². The predicted molar refractivity (Wildman–Crippen MR) is 118 cm³/mol. The van der Waals surface area contributed by atoms with Crippen LogP contribution >= 0.6 is 24.0 Å². The van der Waals surface area contributed by atoms with E-state index in [0.717, 1.165) is 29.6 Å². The van der Waals surface area contributed by atoms with E-state index in [1.54, 1.807) is 6.20 Å². The predicted octanol–water partition coefficient (Wildman–Crippen LogP) is 4.11. The van der Waals surface area contributed by atoms with Crippen LogP contribution in [0.25, 0.3) is 0 Å². The standard InChI is InChI=1S/C20H26N4O2.HI/c1-3-21-20(24-16-5-6-16)23-14-15-11-12-22-19(13-15)26-18-9-7-17(8-10-18)25-4-2;/h7-13,16H,3-6,14H2,1-2H3,(H2,21,23,24);1H. The second-order valence-electron chi connectivity index (χ2n) is 6.12. The van der Waals surface area contributed by atoms with Crippen LogP contribution in [0, 0.1) is 0 Å². The fourth-order valence-electron chi connectivity index (χ4n) is 2.41. The summed E-state index contributed by atoms with van der Waals surface area (Å²) < 4.78 is 11.3. The summed E-state index contributed by atoms with van der Waals surface area (Å²) in [7, 11) is 0. The van der Waals surface area contributed by atoms with Crippen molar-refractivity contribution >= 4 is 29.9 Å². The van der Waals surface area contributed by atoms with Gasteiger partial charge in [-0.1, -0.05) is 0 Å². The van der Waals surface area contributed by atoms with E-state index in [9.17, 15) is 0 Å². The molecule has 0 unspecified atom stereocenters. The Hall–Kier alpha value is -2.03. The fraction of sp³-hybridized carbons (Fsp3) is 0.400. The first kappa shape index (κ1) is 21.3. The van der Waals surface area contributed by atoms with Crippen molar-refractivity contribution in [2.75, 3.05) is 13.2 Å². The zero-order valence-electron chi connectivity index (χ0n) is 15.8. The number of halogens is 1. The third-order valence-electron chi connectivity index (χ3n) is 3.84. The average molecular weight is 482 g/mol. The average Bonchev–Trinajstić information content (AvgIpc) is 3.46. The quantitative estimate of drug-likeness (QED) is 0.337. The number of hydrogen-bond acceptors (Lipinski definition) is 4. The van der Waals surface area contributed by atoms with Crippen LogP contribution in [0.3, 0.4) is 0 Å². The molecule has 0 radical (unpaired) electrons. The van der Waals surface area contributed by atoms with Gasteiger partial charge in [-0.05, 0) is 62.6 Å². The lowest BCUT2D eigenvalue weighted by Crippen LogP contribution is -2.38. The zero-order valence-corrected chi connectivity index (χ0v) is 18.1. The Morgan fingerprint density at radius 3 is 2.56 bits per heavy atom. The molecule has 1 aliphatic rings. The molecule has 0 amide bonds. The molecule has 0 aliphatic heterocycles. The second kappa shape index (κ2) is 11.0. The highest BCUT2D eigenvalue weighted by Crippen LogP contribution is 2.23. The molecule has 3 rings (SSSR count). The number of ether oxygens (including phenoxy) is 2. The van der Waals surface area contributed by atoms with Gasteiger partial charge in [-0.25, -0.2) is 9.98 Å². The Labute approximate surface area is 177 Å².